The molecule has 0 unspecified atom stereocenters. The number of benzene rings is 2. The summed E-state index contributed by atoms with van der Waals surface area (Å²) < 4.78 is 5.86. The van der Waals surface area contributed by atoms with E-state index < -0.39 is 0 Å². The Hall–Kier alpha value is -1.80. The van der Waals surface area contributed by atoms with E-state index in [-0.39, 0.29) is 0 Å². The van der Waals surface area contributed by atoms with Crippen LogP contribution in [-0.2, 0) is 13.2 Å². The molecule has 0 aliphatic carbocycles. The van der Waals surface area contributed by atoms with Crippen molar-refractivity contribution in [2.75, 3.05) is 6.54 Å². The Morgan fingerprint density at radius 3 is 2.58 bits per heavy atom. The smallest absolute Gasteiger partial charge is 0.122 e. The molecule has 0 aromatic heterocycles. The van der Waals surface area contributed by atoms with E-state index in [1.807, 2.05) is 18.2 Å². The van der Waals surface area contributed by atoms with Gasteiger partial charge in [-0.25, -0.2) is 0 Å². The fourth-order valence-corrected chi connectivity index (χ4v) is 1.98. The second-order valence-corrected chi connectivity index (χ2v) is 4.65. The van der Waals surface area contributed by atoms with Crippen molar-refractivity contribution in [3.8, 4) is 5.75 Å². The van der Waals surface area contributed by atoms with Crippen LogP contribution in [0.4, 0.5) is 0 Å². The van der Waals surface area contributed by atoms with Gasteiger partial charge in [-0.1, -0.05) is 49.4 Å². The quantitative estimate of drug-likeness (QED) is 0.850. The molecule has 0 saturated carbocycles. The molecule has 2 aromatic carbocycles. The molecule has 0 fully saturated rings. The van der Waals surface area contributed by atoms with Crippen LogP contribution in [-0.4, -0.2) is 6.54 Å². The fraction of sp³-hybridized carbons (Fsp3) is 0.294. The monoisotopic (exact) mass is 255 g/mol. The van der Waals surface area contributed by atoms with Crippen LogP contribution in [0.15, 0.2) is 48.5 Å². The molecule has 19 heavy (non-hydrogen) atoms. The van der Waals surface area contributed by atoms with Crippen molar-refractivity contribution < 1.29 is 4.74 Å². The van der Waals surface area contributed by atoms with Crippen molar-refractivity contribution in [1.29, 1.82) is 0 Å². The first kappa shape index (κ1) is 13.6. The summed E-state index contributed by atoms with van der Waals surface area (Å²) in [6.07, 6.45) is 0. The third kappa shape index (κ3) is 4.11. The number of hydrogen-bond donors (Lipinski definition) is 1. The van der Waals surface area contributed by atoms with Crippen LogP contribution in [0.25, 0.3) is 0 Å². The Labute approximate surface area is 115 Å². The molecule has 0 aliphatic heterocycles. The molecular weight excluding hydrogens is 234 g/mol. The summed E-state index contributed by atoms with van der Waals surface area (Å²) in [5, 5.41) is 3.33. The number of aryl methyl sites for hydroxylation is 1. The number of ether oxygens (including phenoxy) is 1. The van der Waals surface area contributed by atoms with E-state index in [4.69, 9.17) is 4.74 Å². The highest BCUT2D eigenvalue weighted by Gasteiger charge is 2.00. The first-order chi connectivity index (χ1) is 9.29. The standard InChI is InChI=1S/C17H21NO/c1-3-18-12-15-8-6-9-16(11-15)13-19-17-10-5-4-7-14(17)2/h4-11,18H,3,12-13H2,1-2H3. The maximum absolute atomic E-state index is 5.86. The summed E-state index contributed by atoms with van der Waals surface area (Å²) in [6.45, 7) is 6.70. The largest absolute Gasteiger partial charge is 0.489 e. The zero-order chi connectivity index (χ0) is 13.5. The van der Waals surface area contributed by atoms with E-state index in [2.05, 4.69) is 49.5 Å². The first-order valence-corrected chi connectivity index (χ1v) is 6.76. The Bertz CT molecular complexity index is 522. The SMILES string of the molecule is CCNCc1cccc(COc2ccccc2C)c1. The topological polar surface area (TPSA) is 21.3 Å². The normalized spacial score (nSPS) is 10.4. The van der Waals surface area contributed by atoms with E-state index in [1.54, 1.807) is 0 Å². The average Bonchev–Trinajstić information content (AvgIpc) is 2.45. The predicted octanol–water partition coefficient (Wildman–Crippen LogP) is 3.68. The lowest BCUT2D eigenvalue weighted by molar-refractivity contribution is 0.304. The van der Waals surface area contributed by atoms with Gasteiger partial charge in [0.05, 0.1) is 0 Å². The van der Waals surface area contributed by atoms with Crippen LogP contribution in [0.5, 0.6) is 5.75 Å². The third-order valence-corrected chi connectivity index (χ3v) is 3.06. The summed E-state index contributed by atoms with van der Waals surface area (Å²) in [7, 11) is 0. The summed E-state index contributed by atoms with van der Waals surface area (Å²) >= 11 is 0. The summed E-state index contributed by atoms with van der Waals surface area (Å²) in [5.41, 5.74) is 3.68. The van der Waals surface area contributed by atoms with Crippen molar-refractivity contribution in [2.45, 2.75) is 27.0 Å². The van der Waals surface area contributed by atoms with Crippen LogP contribution in [0.2, 0.25) is 0 Å². The molecule has 0 heterocycles. The van der Waals surface area contributed by atoms with Gasteiger partial charge >= 0.3 is 0 Å². The number of nitrogens with one attached hydrogen (secondary N) is 1. The molecule has 0 atom stereocenters. The van der Waals surface area contributed by atoms with Gasteiger partial charge in [-0.2, -0.15) is 0 Å². The molecule has 0 amide bonds. The fourth-order valence-electron chi connectivity index (χ4n) is 1.98. The van der Waals surface area contributed by atoms with Crippen LogP contribution >= 0.6 is 0 Å². The highest BCUT2D eigenvalue weighted by atomic mass is 16.5. The molecule has 0 radical (unpaired) electrons. The first-order valence-electron chi connectivity index (χ1n) is 6.76. The van der Waals surface area contributed by atoms with E-state index in [0.29, 0.717) is 6.61 Å². The van der Waals surface area contributed by atoms with Gasteiger partial charge in [-0.15, -0.1) is 0 Å². The number of rotatable bonds is 6. The lowest BCUT2D eigenvalue weighted by atomic mass is 10.1. The minimum Gasteiger partial charge on any atom is -0.489 e. The van der Waals surface area contributed by atoms with E-state index >= 15 is 0 Å². The minimum atomic E-state index is 0.616. The van der Waals surface area contributed by atoms with E-state index in [1.165, 1.54) is 16.7 Å². The van der Waals surface area contributed by atoms with Crippen molar-refractivity contribution in [1.82, 2.24) is 5.32 Å². The number of hydrogen-bond acceptors (Lipinski definition) is 2. The van der Waals surface area contributed by atoms with Crippen molar-refractivity contribution in [2.24, 2.45) is 0 Å². The molecule has 0 saturated heterocycles. The van der Waals surface area contributed by atoms with E-state index in [0.717, 1.165) is 18.8 Å². The van der Waals surface area contributed by atoms with Crippen molar-refractivity contribution >= 4 is 0 Å². The average molecular weight is 255 g/mol. The molecule has 0 aliphatic rings. The zero-order valence-electron chi connectivity index (χ0n) is 11.6. The van der Waals surface area contributed by atoms with Gasteiger partial charge < -0.3 is 10.1 Å². The van der Waals surface area contributed by atoms with Gasteiger partial charge in [-0.05, 0) is 36.2 Å². The van der Waals surface area contributed by atoms with Crippen LogP contribution in [0.3, 0.4) is 0 Å². The van der Waals surface area contributed by atoms with Gasteiger partial charge in [0.1, 0.15) is 12.4 Å². The highest BCUT2D eigenvalue weighted by molar-refractivity contribution is 5.32. The maximum Gasteiger partial charge on any atom is 0.122 e. The summed E-state index contributed by atoms with van der Waals surface area (Å²) in [6, 6.07) is 16.6. The highest BCUT2D eigenvalue weighted by Crippen LogP contribution is 2.18. The Kier molecular flexibility index (Phi) is 4.99. The molecule has 2 heteroatoms. The summed E-state index contributed by atoms with van der Waals surface area (Å²) in [5.74, 6) is 0.958. The molecule has 2 aromatic rings. The minimum absolute atomic E-state index is 0.616. The Morgan fingerprint density at radius 2 is 1.79 bits per heavy atom. The van der Waals surface area contributed by atoms with Gasteiger partial charge in [0.25, 0.3) is 0 Å². The number of para-hydroxylation sites is 1. The molecule has 2 rings (SSSR count). The lowest BCUT2D eigenvalue weighted by Crippen LogP contribution is -2.11. The molecular formula is C17H21NO. The Balaban J connectivity index is 1.98. The lowest BCUT2D eigenvalue weighted by Gasteiger charge is -2.10. The molecule has 0 bridgehead atoms. The predicted molar refractivity (Wildman–Crippen MR) is 79.3 cm³/mol. The van der Waals surface area contributed by atoms with E-state index in [9.17, 15) is 0 Å². The molecule has 100 valence electrons. The van der Waals surface area contributed by atoms with Gasteiger partial charge in [0, 0.05) is 6.54 Å². The van der Waals surface area contributed by atoms with Gasteiger partial charge in [0.2, 0.25) is 0 Å². The molecule has 1 N–H and O–H groups in total. The van der Waals surface area contributed by atoms with Crippen LogP contribution < -0.4 is 10.1 Å². The van der Waals surface area contributed by atoms with Crippen molar-refractivity contribution in [3.63, 3.8) is 0 Å². The second-order valence-electron chi connectivity index (χ2n) is 4.65. The van der Waals surface area contributed by atoms with Gasteiger partial charge in [-0.3, -0.25) is 0 Å². The molecule has 2 nitrogen and oxygen atoms in total. The van der Waals surface area contributed by atoms with Gasteiger partial charge in [0.15, 0.2) is 0 Å². The van der Waals surface area contributed by atoms with Crippen molar-refractivity contribution in [3.05, 3.63) is 65.2 Å². The zero-order valence-corrected chi connectivity index (χ0v) is 11.6. The Morgan fingerprint density at radius 1 is 1.00 bits per heavy atom. The maximum atomic E-state index is 5.86. The molecule has 0 spiro atoms. The second kappa shape index (κ2) is 6.95. The van der Waals surface area contributed by atoms with Crippen LogP contribution in [0, 0.1) is 6.92 Å². The van der Waals surface area contributed by atoms with Crippen LogP contribution in [0.1, 0.15) is 23.6 Å². The third-order valence-electron chi connectivity index (χ3n) is 3.06. The summed E-state index contributed by atoms with van der Waals surface area (Å²) in [4.78, 5) is 0.